The monoisotopic (exact) mass is 481 g/mol. The van der Waals surface area contributed by atoms with Crippen LogP contribution in [0.3, 0.4) is 0 Å². The standard InChI is InChI=1S/C29H27N3O2S/c1-20-6-8-21(9-7-20)29-24(11-13-28(33)31-14-16-34-17-15-31)32-19-23(10-12-27(32)30-29)26-18-22-4-2-3-5-25(22)35-26/h2-10,12,18-19H,11,13-17H2,1H3. The molecule has 0 N–H and O–H groups in total. The summed E-state index contributed by atoms with van der Waals surface area (Å²) in [7, 11) is 0. The number of carbonyl (C=O) groups is 1. The number of nitrogens with zero attached hydrogens (tertiary/aromatic N) is 3. The van der Waals surface area contributed by atoms with Gasteiger partial charge in [0.2, 0.25) is 5.91 Å². The number of carbonyl (C=O) groups excluding carboxylic acids is 1. The molecular formula is C29H27N3O2S. The lowest BCUT2D eigenvalue weighted by molar-refractivity contribution is -0.135. The van der Waals surface area contributed by atoms with Crippen molar-refractivity contribution in [2.75, 3.05) is 26.3 Å². The summed E-state index contributed by atoms with van der Waals surface area (Å²) in [5, 5.41) is 1.26. The molecule has 0 saturated carbocycles. The van der Waals surface area contributed by atoms with Crippen LogP contribution in [0.5, 0.6) is 0 Å². The highest BCUT2D eigenvalue weighted by Crippen LogP contribution is 2.35. The van der Waals surface area contributed by atoms with E-state index < -0.39 is 0 Å². The Morgan fingerprint density at radius 3 is 2.57 bits per heavy atom. The molecule has 176 valence electrons. The number of hydrogen-bond donors (Lipinski definition) is 0. The molecule has 6 heteroatoms. The van der Waals surface area contributed by atoms with Crippen molar-refractivity contribution in [2.45, 2.75) is 19.8 Å². The number of ether oxygens (including phenoxy) is 1. The Labute approximate surface area is 208 Å². The predicted molar refractivity (Wildman–Crippen MR) is 142 cm³/mol. The number of imidazole rings is 1. The molecular weight excluding hydrogens is 454 g/mol. The smallest absolute Gasteiger partial charge is 0.223 e. The van der Waals surface area contributed by atoms with Crippen LogP contribution in [0.15, 0.2) is 72.9 Å². The van der Waals surface area contributed by atoms with Crippen molar-refractivity contribution in [1.29, 1.82) is 0 Å². The summed E-state index contributed by atoms with van der Waals surface area (Å²) in [6.45, 7) is 4.68. The lowest BCUT2D eigenvalue weighted by Gasteiger charge is -2.26. The highest BCUT2D eigenvalue weighted by atomic mass is 32.1. The van der Waals surface area contributed by atoms with Crippen LogP contribution in [-0.2, 0) is 16.0 Å². The van der Waals surface area contributed by atoms with E-state index in [0.29, 0.717) is 39.1 Å². The van der Waals surface area contributed by atoms with E-state index in [9.17, 15) is 4.79 Å². The summed E-state index contributed by atoms with van der Waals surface area (Å²) in [5.74, 6) is 0.179. The molecule has 1 amide bonds. The van der Waals surface area contributed by atoms with Crippen LogP contribution >= 0.6 is 11.3 Å². The first-order valence-electron chi connectivity index (χ1n) is 12.1. The van der Waals surface area contributed by atoms with E-state index in [1.54, 1.807) is 11.3 Å². The minimum Gasteiger partial charge on any atom is -0.378 e. The van der Waals surface area contributed by atoms with E-state index in [1.807, 2.05) is 4.90 Å². The average molecular weight is 482 g/mol. The Morgan fingerprint density at radius 2 is 1.77 bits per heavy atom. The van der Waals surface area contributed by atoms with Crippen molar-refractivity contribution >= 4 is 33.0 Å². The maximum atomic E-state index is 13.0. The summed E-state index contributed by atoms with van der Waals surface area (Å²) >= 11 is 1.80. The molecule has 0 spiro atoms. The maximum Gasteiger partial charge on any atom is 0.223 e. The van der Waals surface area contributed by atoms with E-state index in [2.05, 4.69) is 84.3 Å². The number of amides is 1. The molecule has 1 aliphatic rings. The van der Waals surface area contributed by atoms with Gasteiger partial charge in [-0.15, -0.1) is 11.3 Å². The van der Waals surface area contributed by atoms with Crippen molar-refractivity contribution in [1.82, 2.24) is 14.3 Å². The van der Waals surface area contributed by atoms with E-state index in [1.165, 1.54) is 20.5 Å². The van der Waals surface area contributed by atoms with Crippen LogP contribution in [0.2, 0.25) is 0 Å². The van der Waals surface area contributed by atoms with Gasteiger partial charge >= 0.3 is 0 Å². The fourth-order valence-electron chi connectivity index (χ4n) is 4.74. The lowest BCUT2D eigenvalue weighted by Crippen LogP contribution is -2.40. The Balaban J connectivity index is 1.40. The molecule has 0 aliphatic carbocycles. The van der Waals surface area contributed by atoms with Crippen molar-refractivity contribution in [3.05, 3.63) is 84.2 Å². The molecule has 1 saturated heterocycles. The molecule has 3 aromatic heterocycles. The molecule has 35 heavy (non-hydrogen) atoms. The van der Waals surface area contributed by atoms with Crippen LogP contribution in [-0.4, -0.2) is 46.5 Å². The van der Waals surface area contributed by atoms with Crippen LogP contribution in [0.1, 0.15) is 17.7 Å². The van der Waals surface area contributed by atoms with Crippen molar-refractivity contribution in [2.24, 2.45) is 0 Å². The number of benzene rings is 2. The first kappa shape index (κ1) is 22.0. The Hall–Kier alpha value is -3.48. The Morgan fingerprint density at radius 1 is 1.00 bits per heavy atom. The van der Waals surface area contributed by atoms with Crippen molar-refractivity contribution in [3.63, 3.8) is 0 Å². The Bertz CT molecular complexity index is 1480. The van der Waals surface area contributed by atoms with Gasteiger partial charge in [0.05, 0.1) is 24.6 Å². The first-order chi connectivity index (χ1) is 17.2. The van der Waals surface area contributed by atoms with Crippen LogP contribution in [0.4, 0.5) is 0 Å². The average Bonchev–Trinajstić information content (AvgIpc) is 3.49. The number of aromatic nitrogens is 2. The number of hydrogen-bond acceptors (Lipinski definition) is 4. The van der Waals surface area contributed by atoms with Gasteiger partial charge in [0.15, 0.2) is 0 Å². The zero-order valence-corrected chi connectivity index (χ0v) is 20.6. The van der Waals surface area contributed by atoms with E-state index in [4.69, 9.17) is 9.72 Å². The second-order valence-corrected chi connectivity index (χ2v) is 10.1. The van der Waals surface area contributed by atoms with Gasteiger partial charge in [-0.25, -0.2) is 4.98 Å². The minimum atomic E-state index is 0.179. The highest BCUT2D eigenvalue weighted by molar-refractivity contribution is 7.22. The molecule has 2 aromatic carbocycles. The third kappa shape index (κ3) is 4.35. The third-order valence-electron chi connectivity index (χ3n) is 6.69. The molecule has 5 aromatic rings. The number of thiophene rings is 1. The number of aryl methyl sites for hydroxylation is 2. The maximum absolute atomic E-state index is 13.0. The molecule has 0 atom stereocenters. The molecule has 5 nitrogen and oxygen atoms in total. The first-order valence-corrected chi connectivity index (χ1v) is 12.9. The molecule has 0 unspecified atom stereocenters. The van der Waals surface area contributed by atoms with Crippen LogP contribution < -0.4 is 0 Å². The van der Waals surface area contributed by atoms with E-state index >= 15 is 0 Å². The highest BCUT2D eigenvalue weighted by Gasteiger charge is 2.20. The quantitative estimate of drug-likeness (QED) is 0.310. The SMILES string of the molecule is Cc1ccc(-c2nc3ccc(-c4cc5ccccc5s4)cn3c2CCC(=O)N2CCOCC2)cc1. The molecule has 1 aliphatic heterocycles. The summed E-state index contributed by atoms with van der Waals surface area (Å²) in [6.07, 6.45) is 3.27. The van der Waals surface area contributed by atoms with Gasteiger partial charge in [-0.3, -0.25) is 4.79 Å². The van der Waals surface area contributed by atoms with Gasteiger partial charge in [0.1, 0.15) is 5.65 Å². The third-order valence-corrected chi connectivity index (χ3v) is 7.86. The van der Waals surface area contributed by atoms with Crippen LogP contribution in [0.25, 0.3) is 37.4 Å². The number of pyridine rings is 1. The summed E-state index contributed by atoms with van der Waals surface area (Å²) < 4.78 is 8.88. The van der Waals surface area contributed by atoms with E-state index in [-0.39, 0.29) is 5.91 Å². The fraction of sp³-hybridized carbons (Fsp3) is 0.241. The summed E-state index contributed by atoms with van der Waals surface area (Å²) in [5.41, 5.74) is 6.39. The van der Waals surface area contributed by atoms with Gasteiger partial charge in [0, 0.05) is 46.4 Å². The topological polar surface area (TPSA) is 46.8 Å². The van der Waals surface area contributed by atoms with Gasteiger partial charge < -0.3 is 14.0 Å². The second kappa shape index (κ2) is 9.29. The number of rotatable bonds is 5. The molecule has 0 radical (unpaired) electrons. The zero-order chi connectivity index (χ0) is 23.8. The Kier molecular flexibility index (Phi) is 5.84. The zero-order valence-electron chi connectivity index (χ0n) is 19.7. The molecule has 4 heterocycles. The fourth-order valence-corrected chi connectivity index (χ4v) is 5.79. The van der Waals surface area contributed by atoms with Gasteiger partial charge in [0.25, 0.3) is 0 Å². The number of morpholine rings is 1. The van der Waals surface area contributed by atoms with Gasteiger partial charge in [-0.05, 0) is 43.0 Å². The minimum absolute atomic E-state index is 0.179. The number of fused-ring (bicyclic) bond motifs is 2. The van der Waals surface area contributed by atoms with E-state index in [0.717, 1.165) is 28.2 Å². The lowest BCUT2D eigenvalue weighted by atomic mass is 10.1. The molecule has 1 fully saturated rings. The largest absolute Gasteiger partial charge is 0.378 e. The summed E-state index contributed by atoms with van der Waals surface area (Å²) in [4.78, 5) is 21.1. The van der Waals surface area contributed by atoms with Gasteiger partial charge in [-0.2, -0.15) is 0 Å². The summed E-state index contributed by atoms with van der Waals surface area (Å²) in [6, 6.07) is 23.4. The van der Waals surface area contributed by atoms with Crippen LogP contribution in [0, 0.1) is 6.92 Å². The normalized spacial score (nSPS) is 14.1. The van der Waals surface area contributed by atoms with Crippen molar-refractivity contribution < 1.29 is 9.53 Å². The molecule has 0 bridgehead atoms. The predicted octanol–water partition coefficient (Wildman–Crippen LogP) is 5.98. The second-order valence-electron chi connectivity index (χ2n) is 9.06. The molecule has 6 rings (SSSR count). The van der Waals surface area contributed by atoms with Gasteiger partial charge in [-0.1, -0.05) is 48.0 Å². The van der Waals surface area contributed by atoms with Crippen molar-refractivity contribution in [3.8, 4) is 21.7 Å².